The zero-order chi connectivity index (χ0) is 24.5. The molecule has 1 amide bonds. The number of nitrogens with zero attached hydrogens (tertiary/aromatic N) is 6. The van der Waals surface area contributed by atoms with Gasteiger partial charge in [-0.3, -0.25) is 4.90 Å². The van der Waals surface area contributed by atoms with Crippen molar-refractivity contribution in [3.05, 3.63) is 35.8 Å². The molecule has 3 aromatic rings. The first-order valence-electron chi connectivity index (χ1n) is 11.1. The lowest BCUT2D eigenvalue weighted by molar-refractivity contribution is 0.0195. The van der Waals surface area contributed by atoms with Gasteiger partial charge in [-0.05, 0) is 45.9 Å². The molecular weight excluding hydrogens is 436 g/mol. The maximum absolute atomic E-state index is 12.5. The van der Waals surface area contributed by atoms with Crippen LogP contribution in [0.4, 0.5) is 22.2 Å². The Morgan fingerprint density at radius 3 is 2.62 bits per heavy atom. The fourth-order valence-corrected chi connectivity index (χ4v) is 3.68. The third kappa shape index (κ3) is 5.03. The number of amides is 1. The number of methoxy groups -OCH3 is 1. The normalized spacial score (nSPS) is 13.3. The van der Waals surface area contributed by atoms with Crippen molar-refractivity contribution >= 4 is 23.5 Å². The van der Waals surface area contributed by atoms with Gasteiger partial charge >= 0.3 is 6.09 Å². The molecule has 1 aliphatic heterocycles. The smallest absolute Gasteiger partial charge is 0.410 e. The summed E-state index contributed by atoms with van der Waals surface area (Å²) in [6.07, 6.45) is -0.355. The van der Waals surface area contributed by atoms with Gasteiger partial charge < -0.3 is 24.7 Å². The summed E-state index contributed by atoms with van der Waals surface area (Å²) in [6, 6.07) is 7.56. The molecule has 0 aliphatic carbocycles. The molecule has 34 heavy (non-hydrogen) atoms. The van der Waals surface area contributed by atoms with E-state index in [9.17, 15) is 4.79 Å². The minimum Gasteiger partial charge on any atom is -0.496 e. The summed E-state index contributed by atoms with van der Waals surface area (Å²) < 4.78 is 13.1. The average molecular weight is 467 g/mol. The quantitative estimate of drug-likeness (QED) is 0.581. The topological polar surface area (TPSA) is 119 Å². The van der Waals surface area contributed by atoms with Crippen LogP contribution >= 0.6 is 0 Å². The van der Waals surface area contributed by atoms with Crippen molar-refractivity contribution in [2.45, 2.75) is 46.4 Å². The Hall–Kier alpha value is -3.89. The van der Waals surface area contributed by atoms with E-state index in [2.05, 4.69) is 30.8 Å². The van der Waals surface area contributed by atoms with Gasteiger partial charge in [0.1, 0.15) is 17.2 Å². The highest BCUT2D eigenvalue weighted by atomic mass is 16.6. The Labute approximate surface area is 198 Å². The van der Waals surface area contributed by atoms with E-state index in [4.69, 9.17) is 9.47 Å². The van der Waals surface area contributed by atoms with E-state index in [0.717, 1.165) is 22.8 Å². The number of ether oxygens (including phenoxy) is 2. The fraction of sp³-hybridized carbons (Fsp3) is 0.435. The van der Waals surface area contributed by atoms with Gasteiger partial charge in [-0.15, -0.1) is 10.2 Å². The van der Waals surface area contributed by atoms with Crippen LogP contribution < -0.4 is 15.4 Å². The molecule has 0 radical (unpaired) electrons. The zero-order valence-electron chi connectivity index (χ0n) is 20.3. The number of anilines is 3. The molecule has 0 fully saturated rings. The summed E-state index contributed by atoms with van der Waals surface area (Å²) in [4.78, 5) is 23.0. The summed E-state index contributed by atoms with van der Waals surface area (Å²) in [5.41, 5.74) is 1.85. The fourth-order valence-electron chi connectivity index (χ4n) is 3.68. The molecule has 2 aromatic heterocycles. The lowest BCUT2D eigenvalue weighted by Crippen LogP contribution is -2.41. The molecule has 2 N–H and O–H groups in total. The van der Waals surface area contributed by atoms with E-state index in [1.54, 1.807) is 12.0 Å². The largest absolute Gasteiger partial charge is 0.496 e. The standard InChI is InChI=1S/C23H30N8O3/c1-14-11-18(24-5)27-21(25-14)26-15-7-8-17(33-6)16(12-15)20-29-28-19-13-30(9-10-31(19)20)22(32)34-23(2,3)4/h7-8,11-12H,9-10,13H2,1-6H3,(H2,24,25,26,27). The van der Waals surface area contributed by atoms with Crippen LogP contribution in [-0.2, 0) is 17.8 Å². The number of benzene rings is 1. The zero-order valence-corrected chi connectivity index (χ0v) is 20.3. The maximum Gasteiger partial charge on any atom is 0.410 e. The first kappa shape index (κ1) is 23.3. The summed E-state index contributed by atoms with van der Waals surface area (Å²) in [5, 5.41) is 15.0. The monoisotopic (exact) mass is 466 g/mol. The molecule has 180 valence electrons. The first-order chi connectivity index (χ1) is 16.2. The Balaban J connectivity index is 1.61. The Kier molecular flexibility index (Phi) is 6.27. The molecular formula is C23H30N8O3. The van der Waals surface area contributed by atoms with Crippen LogP contribution in [0.2, 0.25) is 0 Å². The number of nitrogens with one attached hydrogen (secondary N) is 2. The summed E-state index contributed by atoms with van der Waals surface area (Å²) in [5.74, 6) is 3.23. The molecule has 0 atom stereocenters. The van der Waals surface area contributed by atoms with Crippen LogP contribution in [-0.4, -0.2) is 62.0 Å². The SMILES string of the molecule is CNc1cc(C)nc(Nc2ccc(OC)c(-c3nnc4n3CCN(C(=O)OC(C)(C)C)C4)c2)n1. The Bertz CT molecular complexity index is 1200. The minimum absolute atomic E-state index is 0.325. The predicted molar refractivity (Wildman–Crippen MR) is 128 cm³/mol. The number of fused-ring (bicyclic) bond motifs is 1. The van der Waals surface area contributed by atoms with Crippen molar-refractivity contribution in [1.29, 1.82) is 0 Å². The number of rotatable bonds is 5. The second-order valence-electron chi connectivity index (χ2n) is 9.00. The van der Waals surface area contributed by atoms with Crippen molar-refractivity contribution in [2.75, 3.05) is 31.3 Å². The lowest BCUT2D eigenvalue weighted by atomic mass is 10.1. The van der Waals surface area contributed by atoms with Crippen molar-refractivity contribution in [1.82, 2.24) is 29.6 Å². The number of hydrogen-bond donors (Lipinski definition) is 2. The van der Waals surface area contributed by atoms with Crippen LogP contribution in [0.3, 0.4) is 0 Å². The van der Waals surface area contributed by atoms with Gasteiger partial charge in [0.2, 0.25) is 5.95 Å². The number of hydrogen-bond acceptors (Lipinski definition) is 9. The molecule has 0 saturated heterocycles. The van der Waals surface area contributed by atoms with Crippen molar-refractivity contribution in [3.63, 3.8) is 0 Å². The van der Waals surface area contributed by atoms with Crippen molar-refractivity contribution in [3.8, 4) is 17.1 Å². The van der Waals surface area contributed by atoms with E-state index in [0.29, 0.717) is 43.0 Å². The van der Waals surface area contributed by atoms with E-state index in [1.807, 2.05) is 63.6 Å². The van der Waals surface area contributed by atoms with Crippen LogP contribution in [0.15, 0.2) is 24.3 Å². The number of aryl methyl sites for hydroxylation is 1. The maximum atomic E-state index is 12.5. The minimum atomic E-state index is -0.552. The number of carbonyl (C=O) groups is 1. The lowest BCUT2D eigenvalue weighted by Gasteiger charge is -2.30. The van der Waals surface area contributed by atoms with Crippen LogP contribution in [0.5, 0.6) is 5.75 Å². The first-order valence-corrected chi connectivity index (χ1v) is 11.1. The average Bonchev–Trinajstić information content (AvgIpc) is 3.20. The molecule has 11 heteroatoms. The second-order valence-corrected chi connectivity index (χ2v) is 9.00. The molecule has 1 aliphatic rings. The van der Waals surface area contributed by atoms with E-state index < -0.39 is 5.60 Å². The molecule has 0 unspecified atom stereocenters. The van der Waals surface area contributed by atoms with E-state index >= 15 is 0 Å². The van der Waals surface area contributed by atoms with Crippen LogP contribution in [0.1, 0.15) is 32.3 Å². The van der Waals surface area contributed by atoms with Gasteiger partial charge in [-0.25, -0.2) is 9.78 Å². The Morgan fingerprint density at radius 1 is 1.12 bits per heavy atom. The van der Waals surface area contributed by atoms with Gasteiger partial charge in [0.15, 0.2) is 11.6 Å². The van der Waals surface area contributed by atoms with Crippen molar-refractivity contribution in [2.24, 2.45) is 0 Å². The third-order valence-corrected chi connectivity index (χ3v) is 5.21. The van der Waals surface area contributed by atoms with Gasteiger partial charge in [0.05, 0.1) is 19.2 Å². The highest BCUT2D eigenvalue weighted by Crippen LogP contribution is 2.33. The third-order valence-electron chi connectivity index (χ3n) is 5.21. The molecule has 4 rings (SSSR count). The van der Waals surface area contributed by atoms with Gasteiger partial charge in [0, 0.05) is 37.6 Å². The number of aromatic nitrogens is 5. The molecule has 0 spiro atoms. The molecule has 0 bridgehead atoms. The van der Waals surface area contributed by atoms with E-state index in [-0.39, 0.29) is 6.09 Å². The molecule has 3 heterocycles. The highest BCUT2D eigenvalue weighted by Gasteiger charge is 2.29. The van der Waals surface area contributed by atoms with Gasteiger partial charge in [-0.1, -0.05) is 0 Å². The summed E-state index contributed by atoms with van der Waals surface area (Å²) in [7, 11) is 3.43. The van der Waals surface area contributed by atoms with Crippen molar-refractivity contribution < 1.29 is 14.3 Å². The van der Waals surface area contributed by atoms with Gasteiger partial charge in [0.25, 0.3) is 0 Å². The predicted octanol–water partition coefficient (Wildman–Crippen LogP) is 3.59. The molecule has 0 saturated carbocycles. The summed E-state index contributed by atoms with van der Waals surface area (Å²) in [6.45, 7) is 8.84. The van der Waals surface area contributed by atoms with Crippen LogP contribution in [0.25, 0.3) is 11.4 Å². The second kappa shape index (κ2) is 9.16. The molecule has 11 nitrogen and oxygen atoms in total. The van der Waals surface area contributed by atoms with Crippen LogP contribution in [0, 0.1) is 6.92 Å². The van der Waals surface area contributed by atoms with E-state index in [1.165, 1.54) is 0 Å². The molecule has 1 aromatic carbocycles. The number of carbonyl (C=O) groups excluding carboxylic acids is 1. The Morgan fingerprint density at radius 2 is 1.91 bits per heavy atom. The highest BCUT2D eigenvalue weighted by molar-refractivity contribution is 5.72. The summed E-state index contributed by atoms with van der Waals surface area (Å²) >= 11 is 0. The van der Waals surface area contributed by atoms with Gasteiger partial charge in [-0.2, -0.15) is 4.98 Å².